The number of carbonyl (C=O) groups is 1. The van der Waals surface area contributed by atoms with Crippen LogP contribution in [0.15, 0.2) is 24.3 Å². The van der Waals surface area contributed by atoms with Crippen LogP contribution in [0, 0.1) is 11.7 Å². The van der Waals surface area contributed by atoms with Gasteiger partial charge in [-0.25, -0.2) is 4.39 Å². The molecule has 0 unspecified atom stereocenters. The Labute approximate surface area is 106 Å². The Morgan fingerprint density at radius 3 is 2.78 bits per heavy atom. The topological polar surface area (TPSA) is 38.3 Å². The van der Waals surface area contributed by atoms with E-state index in [1.165, 1.54) is 6.07 Å². The van der Waals surface area contributed by atoms with Gasteiger partial charge in [0.15, 0.2) is 0 Å². The lowest BCUT2D eigenvalue weighted by molar-refractivity contribution is -0.146. The van der Waals surface area contributed by atoms with E-state index >= 15 is 0 Å². The summed E-state index contributed by atoms with van der Waals surface area (Å²) >= 11 is 0. The van der Waals surface area contributed by atoms with Crippen molar-refractivity contribution in [1.82, 2.24) is 5.32 Å². The monoisotopic (exact) mass is 251 g/mol. The maximum atomic E-state index is 13.3. The Kier molecular flexibility index (Phi) is 4.70. The first-order valence-electron chi connectivity index (χ1n) is 6.35. The van der Waals surface area contributed by atoms with Crippen LogP contribution in [0.2, 0.25) is 0 Å². The van der Waals surface area contributed by atoms with E-state index in [0.717, 1.165) is 25.9 Å². The molecule has 3 nitrogen and oxygen atoms in total. The number of hydrogen-bond donors (Lipinski definition) is 1. The van der Waals surface area contributed by atoms with Gasteiger partial charge in [0.05, 0.1) is 0 Å². The number of halogens is 1. The van der Waals surface area contributed by atoms with Gasteiger partial charge in [-0.1, -0.05) is 18.2 Å². The molecule has 2 rings (SSSR count). The summed E-state index contributed by atoms with van der Waals surface area (Å²) in [6.45, 7) is 1.95. The third-order valence-corrected chi connectivity index (χ3v) is 3.26. The molecule has 1 saturated heterocycles. The van der Waals surface area contributed by atoms with Gasteiger partial charge in [0.25, 0.3) is 0 Å². The first-order valence-corrected chi connectivity index (χ1v) is 6.35. The standard InChI is InChI=1S/C14H18FNO2/c15-13-4-2-1-3-12(13)10-18-14(17)9-11-5-7-16-8-6-11/h1-4,11,16H,5-10H2. The van der Waals surface area contributed by atoms with Crippen molar-refractivity contribution in [2.45, 2.75) is 25.9 Å². The number of ether oxygens (including phenoxy) is 1. The fourth-order valence-electron chi connectivity index (χ4n) is 2.15. The summed E-state index contributed by atoms with van der Waals surface area (Å²) in [7, 11) is 0. The molecule has 0 bridgehead atoms. The fraction of sp³-hybridized carbons (Fsp3) is 0.500. The smallest absolute Gasteiger partial charge is 0.306 e. The summed E-state index contributed by atoms with van der Waals surface area (Å²) in [4.78, 5) is 11.6. The summed E-state index contributed by atoms with van der Waals surface area (Å²) in [6.07, 6.45) is 2.46. The van der Waals surface area contributed by atoms with Gasteiger partial charge in [0.1, 0.15) is 12.4 Å². The van der Waals surface area contributed by atoms with Crippen molar-refractivity contribution < 1.29 is 13.9 Å². The molecule has 0 saturated carbocycles. The summed E-state index contributed by atoms with van der Waals surface area (Å²) in [5, 5.41) is 3.25. The number of esters is 1. The van der Waals surface area contributed by atoms with E-state index in [1.54, 1.807) is 18.2 Å². The summed E-state index contributed by atoms with van der Waals surface area (Å²) in [5.41, 5.74) is 0.427. The van der Waals surface area contributed by atoms with E-state index in [1.807, 2.05) is 0 Å². The largest absolute Gasteiger partial charge is 0.461 e. The van der Waals surface area contributed by atoms with Gasteiger partial charge < -0.3 is 10.1 Å². The molecule has 1 aromatic carbocycles. The number of piperidine rings is 1. The summed E-state index contributed by atoms with van der Waals surface area (Å²) in [5.74, 6) is -0.156. The van der Waals surface area contributed by atoms with E-state index in [0.29, 0.717) is 17.9 Å². The first-order chi connectivity index (χ1) is 8.75. The van der Waals surface area contributed by atoms with Crippen molar-refractivity contribution in [3.63, 3.8) is 0 Å². The lowest BCUT2D eigenvalue weighted by Crippen LogP contribution is -2.29. The average Bonchev–Trinajstić information content (AvgIpc) is 2.39. The Morgan fingerprint density at radius 1 is 1.33 bits per heavy atom. The third-order valence-electron chi connectivity index (χ3n) is 3.26. The molecule has 1 heterocycles. The second-order valence-electron chi connectivity index (χ2n) is 4.65. The van der Waals surface area contributed by atoms with Gasteiger partial charge in [-0.3, -0.25) is 4.79 Å². The van der Waals surface area contributed by atoms with Crippen LogP contribution in [-0.4, -0.2) is 19.1 Å². The highest BCUT2D eigenvalue weighted by atomic mass is 19.1. The van der Waals surface area contributed by atoms with Crippen LogP contribution < -0.4 is 5.32 Å². The molecule has 0 aromatic heterocycles. The van der Waals surface area contributed by atoms with E-state index < -0.39 is 0 Å². The van der Waals surface area contributed by atoms with E-state index in [4.69, 9.17) is 4.74 Å². The number of hydrogen-bond acceptors (Lipinski definition) is 3. The molecular weight excluding hydrogens is 233 g/mol. The Morgan fingerprint density at radius 2 is 2.06 bits per heavy atom. The Hall–Kier alpha value is -1.42. The molecule has 4 heteroatoms. The zero-order chi connectivity index (χ0) is 12.8. The molecule has 0 atom stereocenters. The van der Waals surface area contributed by atoms with Gasteiger partial charge in [-0.2, -0.15) is 0 Å². The van der Waals surface area contributed by atoms with E-state index in [-0.39, 0.29) is 18.4 Å². The molecule has 1 aromatic rings. The molecule has 1 fully saturated rings. The second-order valence-corrected chi connectivity index (χ2v) is 4.65. The predicted molar refractivity (Wildman–Crippen MR) is 66.4 cm³/mol. The molecule has 18 heavy (non-hydrogen) atoms. The molecule has 98 valence electrons. The SMILES string of the molecule is O=C(CC1CCNCC1)OCc1ccccc1F. The molecule has 0 radical (unpaired) electrons. The number of nitrogens with one attached hydrogen (secondary N) is 1. The van der Waals surface area contributed by atoms with Gasteiger partial charge in [0, 0.05) is 12.0 Å². The molecule has 0 spiro atoms. The average molecular weight is 251 g/mol. The number of carbonyl (C=O) groups excluding carboxylic acids is 1. The van der Waals surface area contributed by atoms with Crippen LogP contribution in [0.5, 0.6) is 0 Å². The normalized spacial score (nSPS) is 16.5. The second kappa shape index (κ2) is 6.50. The first kappa shape index (κ1) is 13.0. The lowest BCUT2D eigenvalue weighted by Gasteiger charge is -2.21. The third kappa shape index (κ3) is 3.81. The maximum Gasteiger partial charge on any atom is 0.306 e. The predicted octanol–water partition coefficient (Wildman–Crippen LogP) is 2.26. The number of benzene rings is 1. The molecule has 1 aliphatic heterocycles. The molecule has 0 aliphatic carbocycles. The van der Waals surface area contributed by atoms with Crippen molar-refractivity contribution in [3.8, 4) is 0 Å². The van der Waals surface area contributed by atoms with E-state index in [2.05, 4.69) is 5.32 Å². The van der Waals surface area contributed by atoms with Gasteiger partial charge in [0.2, 0.25) is 0 Å². The van der Waals surface area contributed by atoms with Crippen molar-refractivity contribution in [2.75, 3.05) is 13.1 Å². The highest BCUT2D eigenvalue weighted by Gasteiger charge is 2.17. The van der Waals surface area contributed by atoms with Crippen LogP contribution in [0.25, 0.3) is 0 Å². The van der Waals surface area contributed by atoms with E-state index in [9.17, 15) is 9.18 Å². The van der Waals surface area contributed by atoms with Crippen LogP contribution in [-0.2, 0) is 16.1 Å². The Bertz CT molecular complexity index is 403. The van der Waals surface area contributed by atoms with Gasteiger partial charge in [-0.15, -0.1) is 0 Å². The Balaban J connectivity index is 1.76. The fourth-order valence-corrected chi connectivity index (χ4v) is 2.15. The minimum Gasteiger partial charge on any atom is -0.461 e. The highest BCUT2D eigenvalue weighted by Crippen LogP contribution is 2.17. The van der Waals surface area contributed by atoms with Crippen LogP contribution >= 0.6 is 0 Å². The zero-order valence-electron chi connectivity index (χ0n) is 10.3. The van der Waals surface area contributed by atoms with Crippen molar-refractivity contribution in [2.24, 2.45) is 5.92 Å². The highest BCUT2D eigenvalue weighted by molar-refractivity contribution is 5.69. The van der Waals surface area contributed by atoms with Crippen molar-refractivity contribution in [3.05, 3.63) is 35.6 Å². The van der Waals surface area contributed by atoms with Gasteiger partial charge in [-0.05, 0) is 37.9 Å². The van der Waals surface area contributed by atoms with Crippen molar-refractivity contribution in [1.29, 1.82) is 0 Å². The summed E-state index contributed by atoms with van der Waals surface area (Å²) in [6, 6.07) is 6.36. The molecule has 1 N–H and O–H groups in total. The quantitative estimate of drug-likeness (QED) is 0.834. The van der Waals surface area contributed by atoms with Crippen LogP contribution in [0.4, 0.5) is 4.39 Å². The van der Waals surface area contributed by atoms with Crippen LogP contribution in [0.3, 0.4) is 0 Å². The van der Waals surface area contributed by atoms with Gasteiger partial charge >= 0.3 is 5.97 Å². The summed E-state index contributed by atoms with van der Waals surface area (Å²) < 4.78 is 18.4. The molecule has 1 aliphatic rings. The molecular formula is C14H18FNO2. The maximum absolute atomic E-state index is 13.3. The number of rotatable bonds is 4. The lowest BCUT2D eigenvalue weighted by atomic mass is 9.95. The molecule has 0 amide bonds. The minimum absolute atomic E-state index is 0.0243. The zero-order valence-corrected chi connectivity index (χ0v) is 10.3. The minimum atomic E-state index is -0.327. The van der Waals surface area contributed by atoms with Crippen molar-refractivity contribution >= 4 is 5.97 Å². The van der Waals surface area contributed by atoms with Crippen LogP contribution in [0.1, 0.15) is 24.8 Å².